The lowest BCUT2D eigenvalue weighted by Crippen LogP contribution is -2.45. The number of anilines is 2. The van der Waals surface area contributed by atoms with Gasteiger partial charge in [0.05, 0.1) is 16.9 Å². The molecule has 0 bridgehead atoms. The van der Waals surface area contributed by atoms with E-state index in [0.717, 1.165) is 29.1 Å². The Labute approximate surface area is 174 Å². The van der Waals surface area contributed by atoms with Crippen molar-refractivity contribution < 1.29 is 14.4 Å². The van der Waals surface area contributed by atoms with Crippen LogP contribution >= 0.6 is 11.8 Å². The number of hydrogen-bond donors (Lipinski definition) is 2. The molecule has 2 aromatic carbocycles. The van der Waals surface area contributed by atoms with Crippen LogP contribution in [-0.4, -0.2) is 41.0 Å². The Balaban J connectivity index is 1.35. The van der Waals surface area contributed by atoms with Gasteiger partial charge in [0.25, 0.3) is 0 Å². The molecular formula is C22H23N3O3S. The third kappa shape index (κ3) is 4.62. The summed E-state index contributed by atoms with van der Waals surface area (Å²) in [5.74, 6) is -0.513. The SMILES string of the molecule is O=C(Nc1ccccc1)[C@H]1CCCN(C(=O)C[C@@H]2Sc3ccccc3NC2=O)C1. The average Bonchev–Trinajstić information content (AvgIpc) is 2.75. The minimum Gasteiger partial charge on any atom is -0.342 e. The maximum atomic E-state index is 12.9. The van der Waals surface area contributed by atoms with Crippen molar-refractivity contribution in [3.8, 4) is 0 Å². The van der Waals surface area contributed by atoms with Crippen LogP contribution in [0.3, 0.4) is 0 Å². The fraction of sp³-hybridized carbons (Fsp3) is 0.318. The number of benzene rings is 2. The average molecular weight is 410 g/mol. The normalized spacial score (nSPS) is 21.1. The Morgan fingerprint density at radius 3 is 2.69 bits per heavy atom. The Morgan fingerprint density at radius 2 is 1.86 bits per heavy atom. The third-order valence-corrected chi connectivity index (χ3v) is 6.53. The number of carbonyl (C=O) groups is 3. The van der Waals surface area contributed by atoms with E-state index in [4.69, 9.17) is 0 Å². The number of nitrogens with zero attached hydrogens (tertiary/aromatic N) is 1. The standard InChI is InChI=1S/C22H23N3O3S/c26-20(13-19-22(28)24-17-10-4-5-11-18(17)29-19)25-12-6-7-15(14-25)21(27)23-16-8-2-1-3-9-16/h1-5,8-11,15,19H,6-7,12-14H2,(H,23,27)(H,24,28)/t15-,19-/m0/s1. The second-order valence-corrected chi connectivity index (χ2v) is 8.57. The Kier molecular flexibility index (Phi) is 5.85. The van der Waals surface area contributed by atoms with Crippen molar-refractivity contribution in [2.75, 3.05) is 23.7 Å². The van der Waals surface area contributed by atoms with Crippen LogP contribution in [-0.2, 0) is 14.4 Å². The fourth-order valence-corrected chi connectivity index (χ4v) is 4.80. The maximum Gasteiger partial charge on any atom is 0.238 e. The summed E-state index contributed by atoms with van der Waals surface area (Å²) in [7, 11) is 0. The van der Waals surface area contributed by atoms with Gasteiger partial charge in [-0.2, -0.15) is 0 Å². The first-order valence-electron chi connectivity index (χ1n) is 9.80. The van der Waals surface area contributed by atoms with Crippen molar-refractivity contribution in [3.63, 3.8) is 0 Å². The van der Waals surface area contributed by atoms with Gasteiger partial charge in [-0.25, -0.2) is 0 Å². The molecule has 2 aliphatic heterocycles. The van der Waals surface area contributed by atoms with Gasteiger partial charge in [-0.1, -0.05) is 30.3 Å². The molecule has 0 spiro atoms. The van der Waals surface area contributed by atoms with Crippen LogP contribution in [0.4, 0.5) is 11.4 Å². The molecule has 29 heavy (non-hydrogen) atoms. The van der Waals surface area contributed by atoms with Gasteiger partial charge >= 0.3 is 0 Å². The minimum atomic E-state index is -0.448. The molecule has 3 amide bonds. The summed E-state index contributed by atoms with van der Waals surface area (Å²) < 4.78 is 0. The molecule has 0 aromatic heterocycles. The summed E-state index contributed by atoms with van der Waals surface area (Å²) in [6.07, 6.45) is 1.68. The number of piperidine rings is 1. The quantitative estimate of drug-likeness (QED) is 0.812. The highest BCUT2D eigenvalue weighted by Gasteiger charge is 2.33. The number of hydrogen-bond acceptors (Lipinski definition) is 4. The fourth-order valence-electron chi connectivity index (χ4n) is 3.70. The van der Waals surface area contributed by atoms with Crippen LogP contribution in [0.2, 0.25) is 0 Å². The molecule has 2 atom stereocenters. The number of rotatable bonds is 4. The molecule has 2 N–H and O–H groups in total. The number of fused-ring (bicyclic) bond motifs is 1. The molecule has 0 aliphatic carbocycles. The van der Waals surface area contributed by atoms with E-state index < -0.39 is 5.25 Å². The van der Waals surface area contributed by atoms with E-state index in [1.807, 2.05) is 54.6 Å². The first-order valence-corrected chi connectivity index (χ1v) is 10.7. The summed E-state index contributed by atoms with van der Waals surface area (Å²) in [4.78, 5) is 40.5. The van der Waals surface area contributed by atoms with Crippen LogP contribution in [0, 0.1) is 5.92 Å². The monoisotopic (exact) mass is 409 g/mol. The van der Waals surface area contributed by atoms with Gasteiger partial charge in [-0.05, 0) is 37.1 Å². The van der Waals surface area contributed by atoms with Gasteiger partial charge in [-0.3, -0.25) is 14.4 Å². The smallest absolute Gasteiger partial charge is 0.238 e. The second-order valence-electron chi connectivity index (χ2n) is 7.33. The van der Waals surface area contributed by atoms with Gasteiger partial charge in [0.15, 0.2) is 0 Å². The van der Waals surface area contributed by atoms with E-state index in [1.165, 1.54) is 11.8 Å². The first-order chi connectivity index (χ1) is 14.1. The highest BCUT2D eigenvalue weighted by atomic mass is 32.2. The van der Waals surface area contributed by atoms with E-state index in [1.54, 1.807) is 4.90 Å². The molecule has 4 rings (SSSR count). The van der Waals surface area contributed by atoms with E-state index >= 15 is 0 Å². The van der Waals surface area contributed by atoms with Crippen LogP contribution in [0.5, 0.6) is 0 Å². The van der Waals surface area contributed by atoms with Gasteiger partial charge < -0.3 is 15.5 Å². The topological polar surface area (TPSA) is 78.5 Å². The Morgan fingerprint density at radius 1 is 1.10 bits per heavy atom. The predicted molar refractivity (Wildman–Crippen MR) is 114 cm³/mol. The summed E-state index contributed by atoms with van der Waals surface area (Å²) in [6, 6.07) is 16.9. The molecule has 150 valence electrons. The van der Waals surface area contributed by atoms with Crippen molar-refractivity contribution in [1.82, 2.24) is 4.90 Å². The minimum absolute atomic E-state index is 0.0626. The van der Waals surface area contributed by atoms with E-state index in [0.29, 0.717) is 13.1 Å². The third-order valence-electron chi connectivity index (χ3n) is 5.25. The van der Waals surface area contributed by atoms with E-state index in [9.17, 15) is 14.4 Å². The molecule has 1 fully saturated rings. The highest BCUT2D eigenvalue weighted by Crippen LogP contribution is 2.37. The number of para-hydroxylation sites is 2. The van der Waals surface area contributed by atoms with E-state index in [-0.39, 0.29) is 30.1 Å². The zero-order chi connectivity index (χ0) is 20.2. The van der Waals surface area contributed by atoms with Gasteiger partial charge in [-0.15, -0.1) is 11.8 Å². The van der Waals surface area contributed by atoms with Crippen LogP contribution < -0.4 is 10.6 Å². The number of thioether (sulfide) groups is 1. The molecule has 0 radical (unpaired) electrons. The van der Waals surface area contributed by atoms with Crippen LogP contribution in [0.15, 0.2) is 59.5 Å². The van der Waals surface area contributed by atoms with Crippen LogP contribution in [0.1, 0.15) is 19.3 Å². The summed E-state index contributed by atoms with van der Waals surface area (Å²) in [5.41, 5.74) is 1.55. The van der Waals surface area contributed by atoms with E-state index in [2.05, 4.69) is 10.6 Å². The zero-order valence-corrected chi connectivity index (χ0v) is 16.8. The number of amides is 3. The zero-order valence-electron chi connectivity index (χ0n) is 16.0. The second kappa shape index (κ2) is 8.69. The molecule has 2 aliphatic rings. The molecule has 2 aromatic rings. The van der Waals surface area contributed by atoms with Crippen molar-refractivity contribution in [3.05, 3.63) is 54.6 Å². The number of nitrogens with one attached hydrogen (secondary N) is 2. The molecule has 2 heterocycles. The van der Waals surface area contributed by atoms with Crippen LogP contribution in [0.25, 0.3) is 0 Å². The lowest BCUT2D eigenvalue weighted by Gasteiger charge is -2.33. The summed E-state index contributed by atoms with van der Waals surface area (Å²) >= 11 is 1.43. The van der Waals surface area contributed by atoms with Crippen molar-refractivity contribution in [2.45, 2.75) is 29.4 Å². The highest BCUT2D eigenvalue weighted by molar-refractivity contribution is 8.01. The van der Waals surface area contributed by atoms with Gasteiger partial charge in [0.1, 0.15) is 0 Å². The lowest BCUT2D eigenvalue weighted by molar-refractivity contribution is -0.135. The molecule has 1 saturated heterocycles. The summed E-state index contributed by atoms with van der Waals surface area (Å²) in [5, 5.41) is 5.36. The van der Waals surface area contributed by atoms with Crippen molar-refractivity contribution in [2.24, 2.45) is 5.92 Å². The van der Waals surface area contributed by atoms with Gasteiger partial charge in [0, 0.05) is 30.1 Å². The molecule has 0 saturated carbocycles. The largest absolute Gasteiger partial charge is 0.342 e. The van der Waals surface area contributed by atoms with Crippen molar-refractivity contribution in [1.29, 1.82) is 0 Å². The van der Waals surface area contributed by atoms with Gasteiger partial charge in [0.2, 0.25) is 17.7 Å². The molecular weight excluding hydrogens is 386 g/mol. The first kappa shape index (κ1) is 19.5. The Bertz CT molecular complexity index is 919. The lowest BCUT2D eigenvalue weighted by atomic mass is 9.96. The number of likely N-dealkylation sites (tertiary alicyclic amines) is 1. The molecule has 7 heteroatoms. The summed E-state index contributed by atoms with van der Waals surface area (Å²) in [6.45, 7) is 1.02. The maximum absolute atomic E-state index is 12.9. The van der Waals surface area contributed by atoms with Crippen molar-refractivity contribution >= 4 is 40.9 Å². The predicted octanol–water partition coefficient (Wildman–Crippen LogP) is 3.37. The molecule has 6 nitrogen and oxygen atoms in total. The molecule has 0 unspecified atom stereocenters. The Hall–Kier alpha value is -2.80. The number of carbonyl (C=O) groups excluding carboxylic acids is 3.